The Morgan fingerprint density at radius 1 is 1.38 bits per heavy atom. The van der Waals surface area contributed by atoms with E-state index < -0.39 is 6.10 Å². The molecule has 1 fully saturated rings. The molecule has 6 heteroatoms. The molecule has 1 atom stereocenters. The molecule has 116 valence electrons. The minimum absolute atomic E-state index is 0.332. The molecule has 0 aromatic heterocycles. The number of aliphatic hydroxyl groups is 1. The van der Waals surface area contributed by atoms with Crippen molar-refractivity contribution in [2.45, 2.75) is 20.0 Å². The van der Waals surface area contributed by atoms with Crippen LogP contribution in [-0.4, -0.2) is 48.9 Å². The lowest BCUT2D eigenvalue weighted by molar-refractivity contribution is 0.105. The second-order valence-corrected chi connectivity index (χ2v) is 5.03. The van der Waals surface area contributed by atoms with Gasteiger partial charge in [-0.15, -0.1) is 0 Å². The van der Waals surface area contributed by atoms with Crippen molar-refractivity contribution < 1.29 is 19.0 Å². The highest BCUT2D eigenvalue weighted by atomic mass is 19.1. The van der Waals surface area contributed by atoms with E-state index in [-0.39, 0.29) is 11.9 Å². The van der Waals surface area contributed by atoms with Gasteiger partial charge in [-0.1, -0.05) is 12.1 Å². The van der Waals surface area contributed by atoms with E-state index in [0.717, 1.165) is 0 Å². The third-order valence-corrected chi connectivity index (χ3v) is 3.59. The monoisotopic (exact) mass is 296 g/mol. The highest BCUT2D eigenvalue weighted by Gasteiger charge is 2.25. The molecule has 0 unspecified atom stereocenters. The highest BCUT2D eigenvalue weighted by Crippen LogP contribution is 2.30. The molecule has 0 radical (unpaired) electrons. The van der Waals surface area contributed by atoms with E-state index in [1.54, 1.807) is 30.9 Å². The van der Waals surface area contributed by atoms with Gasteiger partial charge in [0, 0.05) is 31.7 Å². The van der Waals surface area contributed by atoms with Crippen LogP contribution in [0.2, 0.25) is 0 Å². The number of hydrogen-bond acceptors (Lipinski definition) is 4. The van der Waals surface area contributed by atoms with Crippen LogP contribution in [0.15, 0.2) is 18.2 Å². The number of ether oxygens (including phenoxy) is 1. The third kappa shape index (κ3) is 3.44. The quantitative estimate of drug-likeness (QED) is 0.928. The van der Waals surface area contributed by atoms with Crippen LogP contribution in [0.3, 0.4) is 0 Å². The number of para-hydroxylation sites is 1. The molecule has 1 amide bonds. The zero-order chi connectivity index (χ0) is 15.4. The number of aliphatic hydroxyl groups excluding tert-OH is 1. The van der Waals surface area contributed by atoms with E-state index in [0.29, 0.717) is 44.0 Å². The molecule has 0 spiro atoms. The fourth-order valence-corrected chi connectivity index (χ4v) is 2.53. The first-order valence-corrected chi connectivity index (χ1v) is 7.17. The van der Waals surface area contributed by atoms with Crippen molar-refractivity contribution in [3.05, 3.63) is 29.6 Å². The van der Waals surface area contributed by atoms with Crippen molar-refractivity contribution in [3.63, 3.8) is 0 Å². The van der Waals surface area contributed by atoms with Gasteiger partial charge in [-0.2, -0.15) is 0 Å². The summed E-state index contributed by atoms with van der Waals surface area (Å²) < 4.78 is 19.1. The predicted octanol–water partition coefficient (Wildman–Crippen LogP) is 2.16. The molecular weight excluding hydrogens is 275 g/mol. The summed E-state index contributed by atoms with van der Waals surface area (Å²) in [5.41, 5.74) is 0.996. The lowest BCUT2D eigenvalue weighted by Gasteiger charge is -2.36. The second kappa shape index (κ2) is 6.76. The summed E-state index contributed by atoms with van der Waals surface area (Å²) in [6.07, 6.45) is -1.07. The summed E-state index contributed by atoms with van der Waals surface area (Å²) in [7, 11) is 0. The van der Waals surface area contributed by atoms with E-state index in [9.17, 15) is 14.3 Å². The lowest BCUT2D eigenvalue weighted by Crippen LogP contribution is -2.49. The second-order valence-electron chi connectivity index (χ2n) is 5.03. The number of rotatable bonds is 3. The first kappa shape index (κ1) is 15.6. The van der Waals surface area contributed by atoms with E-state index in [1.165, 1.54) is 6.07 Å². The lowest BCUT2D eigenvalue weighted by atomic mass is 10.1. The summed E-state index contributed by atoms with van der Waals surface area (Å²) in [4.78, 5) is 15.1. The van der Waals surface area contributed by atoms with Crippen LogP contribution in [0.1, 0.15) is 25.5 Å². The normalized spacial score (nSPS) is 16.8. The maximum absolute atomic E-state index is 14.1. The molecule has 0 aliphatic carbocycles. The molecule has 0 saturated carbocycles. The zero-order valence-electron chi connectivity index (χ0n) is 12.4. The number of benzene rings is 1. The Hall–Kier alpha value is -1.82. The maximum Gasteiger partial charge on any atom is 0.409 e. The molecule has 2 rings (SSSR count). The molecule has 1 aromatic carbocycles. The van der Waals surface area contributed by atoms with Gasteiger partial charge in [-0.3, -0.25) is 0 Å². The van der Waals surface area contributed by atoms with Crippen molar-refractivity contribution in [1.29, 1.82) is 0 Å². The molecule has 1 aliphatic rings. The van der Waals surface area contributed by atoms with E-state index in [1.807, 2.05) is 4.90 Å². The van der Waals surface area contributed by atoms with Crippen LogP contribution in [0.25, 0.3) is 0 Å². The van der Waals surface area contributed by atoms with Gasteiger partial charge in [0.2, 0.25) is 0 Å². The van der Waals surface area contributed by atoms with Gasteiger partial charge in [0.1, 0.15) is 5.82 Å². The topological polar surface area (TPSA) is 53.0 Å². The fraction of sp³-hybridized carbons (Fsp3) is 0.533. The van der Waals surface area contributed by atoms with Gasteiger partial charge >= 0.3 is 6.09 Å². The van der Waals surface area contributed by atoms with E-state index in [4.69, 9.17) is 4.74 Å². The van der Waals surface area contributed by atoms with Crippen molar-refractivity contribution in [3.8, 4) is 0 Å². The average molecular weight is 296 g/mol. The molecule has 5 nitrogen and oxygen atoms in total. The minimum atomic E-state index is -0.737. The van der Waals surface area contributed by atoms with Gasteiger partial charge in [0.15, 0.2) is 0 Å². The standard InChI is InChI=1S/C15H21FN2O3/c1-3-21-15(20)18-9-7-17(8-10-18)14-12(11(2)19)5-4-6-13(14)16/h4-6,11,19H,3,7-10H2,1-2H3/t11-/m1/s1. The number of piperazine rings is 1. The zero-order valence-corrected chi connectivity index (χ0v) is 12.4. The molecule has 0 bridgehead atoms. The molecule has 1 saturated heterocycles. The fourth-order valence-electron chi connectivity index (χ4n) is 2.53. The van der Waals surface area contributed by atoms with Crippen molar-refractivity contribution in [1.82, 2.24) is 4.90 Å². The first-order valence-electron chi connectivity index (χ1n) is 7.17. The number of nitrogens with zero attached hydrogens (tertiary/aromatic N) is 2. The number of hydrogen-bond donors (Lipinski definition) is 1. The van der Waals surface area contributed by atoms with Gasteiger partial charge in [-0.25, -0.2) is 9.18 Å². The number of anilines is 1. The van der Waals surface area contributed by atoms with Crippen molar-refractivity contribution >= 4 is 11.8 Å². The molecular formula is C15H21FN2O3. The SMILES string of the molecule is CCOC(=O)N1CCN(c2c(F)cccc2[C@@H](C)O)CC1. The third-order valence-electron chi connectivity index (χ3n) is 3.59. The van der Waals surface area contributed by atoms with Crippen LogP contribution < -0.4 is 4.90 Å². The van der Waals surface area contributed by atoms with Gasteiger partial charge in [0.05, 0.1) is 18.4 Å². The number of amides is 1. The van der Waals surface area contributed by atoms with Crippen LogP contribution in [-0.2, 0) is 4.74 Å². The summed E-state index contributed by atoms with van der Waals surface area (Å²) in [5.74, 6) is -0.349. The Kier molecular flexibility index (Phi) is 5.01. The minimum Gasteiger partial charge on any atom is -0.450 e. The predicted molar refractivity (Wildman–Crippen MR) is 77.8 cm³/mol. The van der Waals surface area contributed by atoms with Gasteiger partial charge in [-0.05, 0) is 19.9 Å². The van der Waals surface area contributed by atoms with Crippen molar-refractivity contribution in [2.24, 2.45) is 0 Å². The highest BCUT2D eigenvalue weighted by molar-refractivity contribution is 5.68. The van der Waals surface area contributed by atoms with Crippen molar-refractivity contribution in [2.75, 3.05) is 37.7 Å². The van der Waals surface area contributed by atoms with Crippen LogP contribution in [0.5, 0.6) is 0 Å². The summed E-state index contributed by atoms with van der Waals surface area (Å²) >= 11 is 0. The average Bonchev–Trinajstić information content (AvgIpc) is 2.47. The van der Waals surface area contributed by atoms with E-state index in [2.05, 4.69) is 0 Å². The molecule has 1 heterocycles. The van der Waals surface area contributed by atoms with E-state index >= 15 is 0 Å². The number of carbonyl (C=O) groups is 1. The van der Waals surface area contributed by atoms with Crippen LogP contribution in [0, 0.1) is 5.82 Å². The molecule has 1 N–H and O–H groups in total. The summed E-state index contributed by atoms with van der Waals surface area (Å²) in [6, 6.07) is 4.70. The number of carbonyl (C=O) groups excluding carboxylic acids is 1. The Morgan fingerprint density at radius 2 is 2.05 bits per heavy atom. The molecule has 1 aromatic rings. The maximum atomic E-state index is 14.1. The Bertz CT molecular complexity index is 500. The number of halogens is 1. The Morgan fingerprint density at radius 3 is 2.62 bits per heavy atom. The Labute approximate surface area is 123 Å². The van der Waals surface area contributed by atoms with Crippen LogP contribution >= 0.6 is 0 Å². The molecule has 1 aliphatic heterocycles. The smallest absolute Gasteiger partial charge is 0.409 e. The largest absolute Gasteiger partial charge is 0.450 e. The van der Waals surface area contributed by atoms with Gasteiger partial charge in [0.25, 0.3) is 0 Å². The summed E-state index contributed by atoms with van der Waals surface area (Å²) in [6.45, 7) is 5.71. The Balaban J connectivity index is 2.11. The summed E-state index contributed by atoms with van der Waals surface area (Å²) in [5, 5.41) is 9.79. The van der Waals surface area contributed by atoms with Gasteiger partial charge < -0.3 is 19.6 Å². The molecule has 21 heavy (non-hydrogen) atoms. The van der Waals surface area contributed by atoms with Crippen LogP contribution in [0.4, 0.5) is 14.9 Å². The first-order chi connectivity index (χ1) is 10.0.